The molecule has 0 bridgehead atoms. The van der Waals surface area contributed by atoms with Crippen molar-refractivity contribution in [1.82, 2.24) is 20.3 Å². The van der Waals surface area contributed by atoms with Crippen LogP contribution in [0.25, 0.3) is 17.1 Å². The molecule has 0 aliphatic carbocycles. The quantitative estimate of drug-likeness (QED) is 0.547. The van der Waals surface area contributed by atoms with E-state index in [-0.39, 0.29) is 28.5 Å². The van der Waals surface area contributed by atoms with Gasteiger partial charge >= 0.3 is 0 Å². The predicted molar refractivity (Wildman–Crippen MR) is 113 cm³/mol. The number of carbonyl (C=O) groups excluding carboxylic acids is 1. The molecule has 0 radical (unpaired) electrons. The van der Waals surface area contributed by atoms with E-state index in [1.54, 1.807) is 24.3 Å². The van der Waals surface area contributed by atoms with Crippen molar-refractivity contribution in [3.8, 4) is 0 Å². The fraction of sp³-hybridized carbons (Fsp3) is 0.211. The third-order valence-corrected chi connectivity index (χ3v) is 5.59. The minimum absolute atomic E-state index is 0.00968. The first-order chi connectivity index (χ1) is 13.6. The number of halogens is 1. The highest BCUT2D eigenvalue weighted by Crippen LogP contribution is 2.21. The molecule has 1 atom stereocenters. The normalized spacial score (nSPS) is 13.1. The Hall–Kier alpha value is -2.91. The van der Waals surface area contributed by atoms with Gasteiger partial charge in [-0.15, -0.1) is 0 Å². The van der Waals surface area contributed by atoms with Crippen molar-refractivity contribution >= 4 is 50.3 Å². The number of H-pyrrole nitrogens is 1. The van der Waals surface area contributed by atoms with E-state index in [4.69, 9.17) is 17.3 Å². The molecule has 0 spiro atoms. The van der Waals surface area contributed by atoms with Gasteiger partial charge < -0.3 is 16.0 Å². The van der Waals surface area contributed by atoms with E-state index in [9.17, 15) is 13.2 Å². The highest BCUT2D eigenvalue weighted by atomic mass is 35.5. The van der Waals surface area contributed by atoms with Gasteiger partial charge in [-0.2, -0.15) is 0 Å². The number of nitrogens with one attached hydrogen (secondary N) is 2. The maximum Gasteiger partial charge on any atom is 0.287 e. The standard InChI is InChI=1S/C19H20ClN5O3S/c1-11(5-3-6-12-9-15(29(2,27)28)17(21)22-10-12)23-19(26)18-24-14-8-4-7-13(20)16(14)25-18/h3-4,6-11H,5H2,1-2H3,(H2,21,22)(H,23,26)(H,24,25)/b6-3+/t11-/m0/s1. The molecule has 8 nitrogen and oxygen atoms in total. The average Bonchev–Trinajstić information content (AvgIpc) is 3.08. The Morgan fingerprint density at radius 2 is 2.17 bits per heavy atom. The van der Waals surface area contributed by atoms with E-state index in [1.807, 2.05) is 13.0 Å². The van der Waals surface area contributed by atoms with Crippen LogP contribution in [0.4, 0.5) is 5.82 Å². The van der Waals surface area contributed by atoms with Gasteiger partial charge in [0.05, 0.1) is 10.5 Å². The molecule has 0 fully saturated rings. The molecule has 0 unspecified atom stereocenters. The van der Waals surface area contributed by atoms with Gasteiger partial charge in [0.25, 0.3) is 5.91 Å². The number of aromatic nitrogens is 3. The first-order valence-electron chi connectivity index (χ1n) is 8.72. The zero-order chi connectivity index (χ0) is 21.2. The van der Waals surface area contributed by atoms with Crippen LogP contribution in [-0.4, -0.2) is 41.6 Å². The van der Waals surface area contributed by atoms with Crippen LogP contribution in [0.5, 0.6) is 0 Å². The van der Waals surface area contributed by atoms with E-state index in [0.717, 1.165) is 6.26 Å². The zero-order valence-electron chi connectivity index (χ0n) is 15.8. The number of carbonyl (C=O) groups is 1. The van der Waals surface area contributed by atoms with Crippen molar-refractivity contribution in [3.05, 3.63) is 52.9 Å². The number of hydrogen-bond acceptors (Lipinski definition) is 6. The van der Waals surface area contributed by atoms with Crippen molar-refractivity contribution < 1.29 is 13.2 Å². The topological polar surface area (TPSA) is 131 Å². The summed E-state index contributed by atoms with van der Waals surface area (Å²) in [6, 6.07) is 6.57. The van der Waals surface area contributed by atoms with E-state index < -0.39 is 9.84 Å². The first kappa shape index (κ1) is 20.8. The first-order valence-corrected chi connectivity index (χ1v) is 11.0. The monoisotopic (exact) mass is 433 g/mol. The van der Waals surface area contributed by atoms with Gasteiger partial charge in [-0.1, -0.05) is 29.8 Å². The Morgan fingerprint density at radius 1 is 1.41 bits per heavy atom. The largest absolute Gasteiger partial charge is 0.383 e. The molecule has 2 heterocycles. The molecule has 1 amide bonds. The number of aromatic amines is 1. The lowest BCUT2D eigenvalue weighted by atomic mass is 10.2. The molecule has 3 rings (SSSR count). The number of nitrogens with two attached hydrogens (primary N) is 1. The Labute approximate surface area is 173 Å². The number of nitrogen functional groups attached to an aromatic ring is 1. The SMILES string of the molecule is C[C@@H](C/C=C/c1cnc(N)c(S(C)(=O)=O)c1)NC(=O)c1nc2c(Cl)cccc2[nH]1. The van der Waals surface area contributed by atoms with Gasteiger partial charge in [0.2, 0.25) is 0 Å². The summed E-state index contributed by atoms with van der Waals surface area (Å²) >= 11 is 6.08. The summed E-state index contributed by atoms with van der Waals surface area (Å²) in [6.45, 7) is 1.85. The highest BCUT2D eigenvalue weighted by molar-refractivity contribution is 7.90. The molecule has 0 saturated heterocycles. The molecular formula is C19H20ClN5O3S. The number of amides is 1. The molecule has 4 N–H and O–H groups in total. The predicted octanol–water partition coefficient (Wildman–Crippen LogP) is 2.82. The molecule has 2 aromatic heterocycles. The highest BCUT2D eigenvalue weighted by Gasteiger charge is 2.15. The summed E-state index contributed by atoms with van der Waals surface area (Å²) in [6.07, 6.45) is 6.63. The van der Waals surface area contributed by atoms with Gasteiger partial charge in [0.1, 0.15) is 16.2 Å². The number of para-hydroxylation sites is 1. The summed E-state index contributed by atoms with van der Waals surface area (Å²) in [5.74, 6) is -0.188. The average molecular weight is 434 g/mol. The second kappa shape index (κ2) is 8.22. The number of pyridine rings is 1. The van der Waals surface area contributed by atoms with Gasteiger partial charge in [-0.05, 0) is 37.1 Å². The number of anilines is 1. The molecule has 10 heteroatoms. The fourth-order valence-electron chi connectivity index (χ4n) is 2.72. The molecular weight excluding hydrogens is 414 g/mol. The van der Waals surface area contributed by atoms with Crippen molar-refractivity contribution in [3.63, 3.8) is 0 Å². The lowest BCUT2D eigenvalue weighted by Gasteiger charge is -2.10. The van der Waals surface area contributed by atoms with Crippen molar-refractivity contribution in [1.29, 1.82) is 0 Å². The van der Waals surface area contributed by atoms with Gasteiger partial charge in [-0.25, -0.2) is 18.4 Å². The molecule has 0 aliphatic heterocycles. The van der Waals surface area contributed by atoms with Crippen LogP contribution in [0.3, 0.4) is 0 Å². The molecule has 152 valence electrons. The van der Waals surface area contributed by atoms with Crippen LogP contribution >= 0.6 is 11.6 Å². The van der Waals surface area contributed by atoms with E-state index in [1.165, 1.54) is 12.3 Å². The van der Waals surface area contributed by atoms with Crippen molar-refractivity contribution in [2.45, 2.75) is 24.3 Å². The molecule has 3 aromatic rings. The molecule has 0 aliphatic rings. The number of fused-ring (bicyclic) bond motifs is 1. The van der Waals surface area contributed by atoms with Gasteiger partial charge in [0, 0.05) is 18.5 Å². The summed E-state index contributed by atoms with van der Waals surface area (Å²) in [7, 11) is -3.46. The van der Waals surface area contributed by atoms with Crippen LogP contribution in [0.15, 0.2) is 41.4 Å². The van der Waals surface area contributed by atoms with Gasteiger partial charge in [0.15, 0.2) is 15.7 Å². The second-order valence-electron chi connectivity index (χ2n) is 6.66. The fourth-order valence-corrected chi connectivity index (χ4v) is 3.72. The molecule has 0 saturated carbocycles. The van der Waals surface area contributed by atoms with E-state index in [0.29, 0.717) is 28.0 Å². The van der Waals surface area contributed by atoms with Crippen molar-refractivity contribution in [2.75, 3.05) is 12.0 Å². The van der Waals surface area contributed by atoms with Crippen LogP contribution in [0.2, 0.25) is 5.02 Å². The Kier molecular flexibility index (Phi) is 5.90. The second-order valence-corrected chi connectivity index (χ2v) is 9.05. The van der Waals surface area contributed by atoms with Crippen LogP contribution in [0, 0.1) is 0 Å². The summed E-state index contributed by atoms with van der Waals surface area (Å²) in [5.41, 5.74) is 7.46. The number of imidazole rings is 1. The lowest BCUT2D eigenvalue weighted by molar-refractivity contribution is 0.0931. The van der Waals surface area contributed by atoms with E-state index >= 15 is 0 Å². The lowest BCUT2D eigenvalue weighted by Crippen LogP contribution is -2.32. The number of nitrogens with zero attached hydrogens (tertiary/aromatic N) is 2. The summed E-state index contributed by atoms with van der Waals surface area (Å²) < 4.78 is 23.4. The Morgan fingerprint density at radius 3 is 2.86 bits per heavy atom. The summed E-state index contributed by atoms with van der Waals surface area (Å²) in [4.78, 5) is 23.5. The number of hydrogen-bond donors (Lipinski definition) is 3. The third-order valence-electron chi connectivity index (χ3n) is 4.16. The minimum Gasteiger partial charge on any atom is -0.383 e. The Balaban J connectivity index is 1.64. The molecule has 1 aromatic carbocycles. The summed E-state index contributed by atoms with van der Waals surface area (Å²) in [5, 5.41) is 3.32. The maximum absolute atomic E-state index is 12.4. The third kappa shape index (κ3) is 4.93. The van der Waals surface area contributed by atoms with Crippen LogP contribution in [-0.2, 0) is 9.84 Å². The Bertz CT molecular complexity index is 1200. The maximum atomic E-state index is 12.4. The van der Waals surface area contributed by atoms with Crippen LogP contribution in [0.1, 0.15) is 29.5 Å². The molecule has 29 heavy (non-hydrogen) atoms. The van der Waals surface area contributed by atoms with Crippen molar-refractivity contribution in [2.24, 2.45) is 0 Å². The van der Waals surface area contributed by atoms with Crippen LogP contribution < -0.4 is 11.1 Å². The smallest absolute Gasteiger partial charge is 0.287 e. The minimum atomic E-state index is -3.46. The van der Waals surface area contributed by atoms with Gasteiger partial charge in [-0.3, -0.25) is 4.79 Å². The zero-order valence-corrected chi connectivity index (χ0v) is 17.4. The van der Waals surface area contributed by atoms with E-state index in [2.05, 4.69) is 20.3 Å². The number of benzene rings is 1. The number of sulfone groups is 1. The number of rotatable bonds is 6.